The van der Waals surface area contributed by atoms with E-state index >= 15 is 0 Å². The predicted molar refractivity (Wildman–Crippen MR) is 116 cm³/mol. The molecule has 2 aromatic carbocycles. The van der Waals surface area contributed by atoms with Crippen LogP contribution in [0.2, 0.25) is 0 Å². The number of fused-ring (bicyclic) bond motifs is 1. The highest BCUT2D eigenvalue weighted by Gasteiger charge is 2.40. The van der Waals surface area contributed by atoms with Gasteiger partial charge < -0.3 is 4.90 Å². The Morgan fingerprint density at radius 3 is 2.00 bits per heavy atom. The normalized spacial score (nSPS) is 16.0. The molecule has 0 unspecified atom stereocenters. The lowest BCUT2D eigenvalue weighted by Gasteiger charge is -2.35. The highest BCUT2D eigenvalue weighted by Crippen LogP contribution is 2.36. The molecule has 10 heteroatoms. The summed E-state index contributed by atoms with van der Waals surface area (Å²) in [6.45, 7) is 5.79. The number of aryl methyl sites for hydroxylation is 3. The number of alkyl halides is 3. The summed E-state index contributed by atoms with van der Waals surface area (Å²) in [5, 5.41) is 0. The molecule has 0 atom stereocenters. The molecule has 1 aliphatic heterocycles. The number of benzene rings is 2. The molecule has 3 aromatic rings. The predicted octanol–water partition coefficient (Wildman–Crippen LogP) is 4.08. The number of anilines is 1. The molecule has 1 aliphatic rings. The van der Waals surface area contributed by atoms with Crippen LogP contribution in [0.3, 0.4) is 0 Å². The first kappa shape index (κ1) is 22.5. The fraction of sp³-hybridized carbons (Fsp3) is 0.364. The van der Waals surface area contributed by atoms with Crippen LogP contribution in [0.1, 0.15) is 22.4 Å². The van der Waals surface area contributed by atoms with Crippen molar-refractivity contribution in [2.45, 2.75) is 31.8 Å². The molecule has 0 N–H and O–H groups in total. The zero-order valence-corrected chi connectivity index (χ0v) is 18.8. The molecule has 1 aromatic heterocycles. The zero-order chi connectivity index (χ0) is 23.3. The summed E-state index contributed by atoms with van der Waals surface area (Å²) in [6.07, 6.45) is -4.67. The molecule has 1 fully saturated rings. The molecule has 32 heavy (non-hydrogen) atoms. The van der Waals surface area contributed by atoms with Crippen LogP contribution in [0.15, 0.2) is 41.3 Å². The van der Waals surface area contributed by atoms with Gasteiger partial charge in [-0.25, -0.2) is 18.4 Å². The Morgan fingerprint density at radius 1 is 0.844 bits per heavy atom. The van der Waals surface area contributed by atoms with Gasteiger partial charge in [-0.05, 0) is 55.7 Å². The second kappa shape index (κ2) is 8.00. The van der Waals surface area contributed by atoms with Gasteiger partial charge in [-0.15, -0.1) is 0 Å². The maximum atomic E-state index is 13.7. The number of hydrogen-bond acceptors (Lipinski definition) is 5. The second-order valence-corrected chi connectivity index (χ2v) is 9.88. The molecular weight excluding hydrogens is 441 g/mol. The van der Waals surface area contributed by atoms with Gasteiger partial charge in [0.2, 0.25) is 10.0 Å². The van der Waals surface area contributed by atoms with Crippen molar-refractivity contribution in [2.75, 3.05) is 31.1 Å². The summed E-state index contributed by atoms with van der Waals surface area (Å²) >= 11 is 0. The molecule has 0 amide bonds. The lowest BCUT2D eigenvalue weighted by atomic mass is 10.1. The Bertz CT molecular complexity index is 1280. The van der Waals surface area contributed by atoms with Crippen LogP contribution < -0.4 is 4.90 Å². The van der Waals surface area contributed by atoms with Gasteiger partial charge in [0.05, 0.1) is 15.9 Å². The number of sulfonamides is 1. The fourth-order valence-electron chi connectivity index (χ4n) is 3.89. The molecule has 0 aliphatic carbocycles. The molecule has 1 saturated heterocycles. The van der Waals surface area contributed by atoms with Gasteiger partial charge in [0.15, 0.2) is 11.5 Å². The fourth-order valence-corrected chi connectivity index (χ4v) is 5.61. The van der Waals surface area contributed by atoms with E-state index in [9.17, 15) is 21.6 Å². The van der Waals surface area contributed by atoms with Gasteiger partial charge in [0.25, 0.3) is 0 Å². The number of para-hydroxylation sites is 2. The Kier molecular flexibility index (Phi) is 5.62. The minimum absolute atomic E-state index is 0.0561. The van der Waals surface area contributed by atoms with Gasteiger partial charge in [0, 0.05) is 26.2 Å². The quantitative estimate of drug-likeness (QED) is 0.584. The van der Waals surface area contributed by atoms with Crippen molar-refractivity contribution in [3.05, 3.63) is 58.8 Å². The van der Waals surface area contributed by atoms with E-state index in [0.29, 0.717) is 11.1 Å². The molecule has 170 valence electrons. The summed E-state index contributed by atoms with van der Waals surface area (Å²) in [5.41, 5.74) is 1.98. The first-order chi connectivity index (χ1) is 15.0. The number of halogens is 3. The number of piperazine rings is 1. The van der Waals surface area contributed by atoms with Gasteiger partial charge in [-0.2, -0.15) is 17.5 Å². The zero-order valence-electron chi connectivity index (χ0n) is 17.9. The van der Waals surface area contributed by atoms with Crippen LogP contribution in [-0.4, -0.2) is 48.9 Å². The minimum atomic E-state index is -4.67. The molecule has 4 rings (SSSR count). The van der Waals surface area contributed by atoms with Gasteiger partial charge in [0.1, 0.15) is 0 Å². The molecular formula is C22H23F3N4O2S. The molecule has 0 saturated carbocycles. The monoisotopic (exact) mass is 464 g/mol. The largest absolute Gasteiger partial charge is 0.437 e. The molecule has 2 heterocycles. The first-order valence-electron chi connectivity index (χ1n) is 10.2. The number of rotatable bonds is 3. The van der Waals surface area contributed by atoms with E-state index in [1.54, 1.807) is 31.2 Å². The number of nitrogens with zero attached hydrogens (tertiary/aromatic N) is 4. The van der Waals surface area contributed by atoms with Crippen LogP contribution in [0.5, 0.6) is 0 Å². The summed E-state index contributed by atoms with van der Waals surface area (Å²) in [5.74, 6) is -0.268. The van der Waals surface area contributed by atoms with Gasteiger partial charge in [-0.3, -0.25) is 0 Å². The van der Waals surface area contributed by atoms with Crippen LogP contribution in [-0.2, 0) is 16.2 Å². The molecule has 6 nitrogen and oxygen atoms in total. The van der Waals surface area contributed by atoms with Crippen molar-refractivity contribution in [3.8, 4) is 0 Å². The molecule has 0 radical (unpaired) electrons. The summed E-state index contributed by atoms with van der Waals surface area (Å²) < 4.78 is 68.8. The van der Waals surface area contributed by atoms with Crippen molar-refractivity contribution < 1.29 is 21.6 Å². The van der Waals surface area contributed by atoms with Crippen molar-refractivity contribution >= 4 is 26.9 Å². The lowest BCUT2D eigenvalue weighted by molar-refractivity contribution is -0.140. The van der Waals surface area contributed by atoms with E-state index in [0.717, 1.165) is 11.1 Å². The standard InChI is InChI=1S/C22H23F3N4O2S/c1-14-12-16(3)19(13-15(14)2)32(30,31)29-10-8-28(9-11-29)21-20(22(23,24)25)26-17-6-4-5-7-18(17)27-21/h4-7,12-13H,8-11H2,1-3H3. The minimum Gasteiger partial charge on any atom is -0.352 e. The Morgan fingerprint density at radius 2 is 1.41 bits per heavy atom. The van der Waals surface area contributed by atoms with Crippen LogP contribution in [0.4, 0.5) is 19.0 Å². The second-order valence-electron chi connectivity index (χ2n) is 7.98. The van der Waals surface area contributed by atoms with Crippen molar-refractivity contribution in [2.24, 2.45) is 0 Å². The Labute approximate surface area is 184 Å². The third-order valence-electron chi connectivity index (χ3n) is 5.77. The summed E-state index contributed by atoms with van der Waals surface area (Å²) in [4.78, 5) is 9.72. The van der Waals surface area contributed by atoms with E-state index in [-0.39, 0.29) is 42.4 Å². The van der Waals surface area contributed by atoms with Crippen LogP contribution in [0.25, 0.3) is 11.0 Å². The lowest BCUT2D eigenvalue weighted by Crippen LogP contribution is -2.49. The first-order valence-corrected chi connectivity index (χ1v) is 11.6. The highest BCUT2D eigenvalue weighted by molar-refractivity contribution is 7.89. The third kappa shape index (κ3) is 4.04. The van der Waals surface area contributed by atoms with Crippen LogP contribution >= 0.6 is 0 Å². The maximum Gasteiger partial charge on any atom is 0.437 e. The van der Waals surface area contributed by atoms with Crippen LogP contribution in [0, 0.1) is 20.8 Å². The maximum absolute atomic E-state index is 13.7. The average Bonchev–Trinajstić information content (AvgIpc) is 2.74. The number of hydrogen-bond donors (Lipinski definition) is 0. The van der Waals surface area contributed by atoms with Crippen molar-refractivity contribution in [1.29, 1.82) is 0 Å². The SMILES string of the molecule is Cc1cc(C)c(S(=O)(=O)N2CCN(c3nc4ccccc4nc3C(F)(F)F)CC2)cc1C. The summed E-state index contributed by atoms with van der Waals surface area (Å²) in [6, 6.07) is 9.87. The van der Waals surface area contributed by atoms with E-state index < -0.39 is 21.9 Å². The topological polar surface area (TPSA) is 66.4 Å². The average molecular weight is 465 g/mol. The van der Waals surface area contributed by atoms with Gasteiger partial charge in [-0.1, -0.05) is 18.2 Å². The van der Waals surface area contributed by atoms with E-state index in [1.807, 2.05) is 19.9 Å². The van der Waals surface area contributed by atoms with E-state index in [1.165, 1.54) is 15.3 Å². The van der Waals surface area contributed by atoms with E-state index in [4.69, 9.17) is 0 Å². The van der Waals surface area contributed by atoms with E-state index in [2.05, 4.69) is 9.97 Å². The van der Waals surface area contributed by atoms with Crippen molar-refractivity contribution in [1.82, 2.24) is 14.3 Å². The summed E-state index contributed by atoms with van der Waals surface area (Å²) in [7, 11) is -3.76. The molecule has 0 bridgehead atoms. The Hall–Kier alpha value is -2.72. The van der Waals surface area contributed by atoms with Crippen molar-refractivity contribution in [3.63, 3.8) is 0 Å². The third-order valence-corrected chi connectivity index (χ3v) is 7.81. The number of aromatic nitrogens is 2. The smallest absolute Gasteiger partial charge is 0.352 e. The highest BCUT2D eigenvalue weighted by atomic mass is 32.2. The van der Waals surface area contributed by atoms with Gasteiger partial charge >= 0.3 is 6.18 Å². The Balaban J connectivity index is 1.63. The molecule has 0 spiro atoms.